The van der Waals surface area contributed by atoms with Gasteiger partial charge in [0.25, 0.3) is 5.69 Å². The molecule has 1 aromatic rings. The zero-order chi connectivity index (χ0) is 10.8. The van der Waals surface area contributed by atoms with E-state index in [4.69, 9.17) is 5.11 Å². The third-order valence-electron chi connectivity index (χ3n) is 2.65. The number of hydrogen-bond donors (Lipinski definition) is 2. The molecule has 0 fully saturated rings. The van der Waals surface area contributed by atoms with Crippen LogP contribution in [0.15, 0.2) is 18.2 Å². The number of hydrogen-bond acceptors (Lipinski definition) is 4. The summed E-state index contributed by atoms with van der Waals surface area (Å²) in [5, 5.41) is 22.7. The minimum absolute atomic E-state index is 0.101. The predicted octanol–water partition coefficient (Wildman–Crippen LogP) is 1.17. The molecule has 1 atom stereocenters. The second-order valence-electron chi connectivity index (χ2n) is 3.73. The minimum atomic E-state index is -0.403. The summed E-state index contributed by atoms with van der Waals surface area (Å²) >= 11 is 0. The Morgan fingerprint density at radius 3 is 3.07 bits per heavy atom. The summed E-state index contributed by atoms with van der Waals surface area (Å²) in [5.74, 6) is 0.207. The smallest absolute Gasteiger partial charge is 0.271 e. The van der Waals surface area contributed by atoms with E-state index in [9.17, 15) is 10.1 Å². The molecule has 2 N–H and O–H groups in total. The molecule has 2 rings (SSSR count). The Bertz CT molecular complexity index is 392. The molecule has 1 aliphatic heterocycles. The molecule has 0 saturated carbocycles. The molecule has 0 unspecified atom stereocenters. The highest BCUT2D eigenvalue weighted by molar-refractivity contribution is 5.58. The summed E-state index contributed by atoms with van der Waals surface area (Å²) < 4.78 is 0. The van der Waals surface area contributed by atoms with Crippen molar-refractivity contribution in [2.75, 3.05) is 18.5 Å². The van der Waals surface area contributed by atoms with Crippen LogP contribution in [0.4, 0.5) is 11.4 Å². The third-order valence-corrected chi connectivity index (χ3v) is 2.65. The van der Waals surface area contributed by atoms with Gasteiger partial charge < -0.3 is 10.4 Å². The van der Waals surface area contributed by atoms with Crippen molar-refractivity contribution in [1.29, 1.82) is 0 Å². The van der Waals surface area contributed by atoms with Gasteiger partial charge in [0.2, 0.25) is 0 Å². The number of non-ortho nitro benzene ring substituents is 1. The zero-order valence-corrected chi connectivity index (χ0v) is 8.14. The van der Waals surface area contributed by atoms with E-state index in [2.05, 4.69) is 5.32 Å². The van der Waals surface area contributed by atoms with E-state index in [-0.39, 0.29) is 18.2 Å². The number of anilines is 1. The van der Waals surface area contributed by atoms with Crippen LogP contribution in [0.5, 0.6) is 0 Å². The first-order chi connectivity index (χ1) is 7.20. The summed E-state index contributed by atoms with van der Waals surface area (Å²) in [5.41, 5.74) is 1.95. The van der Waals surface area contributed by atoms with Crippen molar-refractivity contribution in [3.8, 4) is 0 Å². The molecule has 1 aromatic carbocycles. The molecule has 0 radical (unpaired) electrons. The van der Waals surface area contributed by atoms with E-state index < -0.39 is 4.92 Å². The van der Waals surface area contributed by atoms with E-state index in [0.717, 1.165) is 17.7 Å². The van der Waals surface area contributed by atoms with Crippen LogP contribution in [0, 0.1) is 16.0 Å². The van der Waals surface area contributed by atoms with Crippen LogP contribution in [-0.4, -0.2) is 23.2 Å². The Balaban J connectivity index is 2.28. The first-order valence-electron chi connectivity index (χ1n) is 4.82. The number of aliphatic hydroxyl groups is 1. The summed E-state index contributed by atoms with van der Waals surface area (Å²) in [6.45, 7) is 0.814. The average molecular weight is 208 g/mol. The lowest BCUT2D eigenvalue weighted by Gasteiger charge is -2.24. The van der Waals surface area contributed by atoms with E-state index in [1.54, 1.807) is 12.1 Å². The van der Waals surface area contributed by atoms with E-state index in [1.807, 2.05) is 0 Å². The maximum Gasteiger partial charge on any atom is 0.271 e. The fourth-order valence-electron chi connectivity index (χ4n) is 1.79. The quantitative estimate of drug-likeness (QED) is 0.565. The van der Waals surface area contributed by atoms with Crippen molar-refractivity contribution in [2.45, 2.75) is 6.42 Å². The van der Waals surface area contributed by atoms with Crippen LogP contribution in [0.3, 0.4) is 0 Å². The number of rotatable bonds is 2. The second-order valence-corrected chi connectivity index (χ2v) is 3.73. The van der Waals surface area contributed by atoms with E-state index in [1.165, 1.54) is 6.07 Å². The number of benzene rings is 1. The van der Waals surface area contributed by atoms with Gasteiger partial charge in [-0.3, -0.25) is 10.1 Å². The van der Waals surface area contributed by atoms with Crippen molar-refractivity contribution in [1.82, 2.24) is 0 Å². The van der Waals surface area contributed by atoms with Gasteiger partial charge in [0.15, 0.2) is 0 Å². The maximum atomic E-state index is 10.5. The molecule has 80 valence electrons. The molecule has 5 nitrogen and oxygen atoms in total. The van der Waals surface area contributed by atoms with Crippen LogP contribution in [0.1, 0.15) is 5.56 Å². The summed E-state index contributed by atoms with van der Waals surface area (Å²) in [4.78, 5) is 10.1. The Kier molecular flexibility index (Phi) is 2.55. The molecule has 0 amide bonds. The number of nitrogens with zero attached hydrogens (tertiary/aromatic N) is 1. The second kappa shape index (κ2) is 3.86. The summed E-state index contributed by atoms with van der Waals surface area (Å²) in [6.07, 6.45) is 0.775. The fraction of sp³-hybridized carbons (Fsp3) is 0.400. The van der Waals surface area contributed by atoms with E-state index >= 15 is 0 Å². The van der Waals surface area contributed by atoms with Gasteiger partial charge in [-0.15, -0.1) is 0 Å². The van der Waals surface area contributed by atoms with Crippen molar-refractivity contribution >= 4 is 11.4 Å². The Morgan fingerprint density at radius 2 is 2.40 bits per heavy atom. The number of aliphatic hydroxyl groups excluding tert-OH is 1. The average Bonchev–Trinajstić information content (AvgIpc) is 2.27. The largest absolute Gasteiger partial charge is 0.396 e. The summed E-state index contributed by atoms with van der Waals surface area (Å²) in [6, 6.07) is 4.80. The van der Waals surface area contributed by atoms with Crippen molar-refractivity contribution in [2.24, 2.45) is 5.92 Å². The topological polar surface area (TPSA) is 75.4 Å². The van der Waals surface area contributed by atoms with Crippen LogP contribution in [-0.2, 0) is 6.42 Å². The SMILES string of the molecule is O=[N+]([O-])c1ccc2c(c1)NC[C@@H](CO)C2. The summed E-state index contributed by atoms with van der Waals surface area (Å²) in [7, 11) is 0. The van der Waals surface area contributed by atoms with E-state index in [0.29, 0.717) is 6.54 Å². The van der Waals surface area contributed by atoms with Crippen LogP contribution in [0.2, 0.25) is 0 Å². The lowest BCUT2D eigenvalue weighted by Crippen LogP contribution is -2.25. The molecular formula is C10H12N2O3. The van der Waals surface area contributed by atoms with Crippen molar-refractivity contribution in [3.63, 3.8) is 0 Å². The molecule has 1 heterocycles. The van der Waals surface area contributed by atoms with Crippen molar-refractivity contribution in [3.05, 3.63) is 33.9 Å². The van der Waals surface area contributed by atoms with Crippen LogP contribution in [0.25, 0.3) is 0 Å². The van der Waals surface area contributed by atoms with Gasteiger partial charge in [-0.05, 0) is 12.0 Å². The molecule has 15 heavy (non-hydrogen) atoms. The van der Waals surface area contributed by atoms with Crippen LogP contribution < -0.4 is 5.32 Å². The van der Waals surface area contributed by atoms with Gasteiger partial charge in [0.05, 0.1) is 4.92 Å². The van der Waals surface area contributed by atoms with Gasteiger partial charge in [-0.25, -0.2) is 0 Å². The number of fused-ring (bicyclic) bond motifs is 1. The molecule has 0 saturated heterocycles. The fourth-order valence-corrected chi connectivity index (χ4v) is 1.79. The van der Waals surface area contributed by atoms with Crippen LogP contribution >= 0.6 is 0 Å². The normalized spacial score (nSPS) is 19.1. The minimum Gasteiger partial charge on any atom is -0.396 e. The highest BCUT2D eigenvalue weighted by atomic mass is 16.6. The molecule has 5 heteroatoms. The molecule has 0 aromatic heterocycles. The standard InChI is InChI=1S/C10H12N2O3/c13-6-7-3-8-1-2-9(12(14)15)4-10(8)11-5-7/h1-2,4,7,11,13H,3,5-6H2/t7-/m0/s1. The predicted molar refractivity (Wildman–Crippen MR) is 55.9 cm³/mol. The van der Waals surface area contributed by atoms with Crippen molar-refractivity contribution < 1.29 is 10.0 Å². The third kappa shape index (κ3) is 1.92. The van der Waals surface area contributed by atoms with Gasteiger partial charge in [0, 0.05) is 36.9 Å². The Hall–Kier alpha value is -1.62. The molecule has 1 aliphatic rings. The maximum absolute atomic E-state index is 10.5. The lowest BCUT2D eigenvalue weighted by molar-refractivity contribution is -0.384. The van der Waals surface area contributed by atoms with Gasteiger partial charge >= 0.3 is 0 Å². The number of nitro groups is 1. The number of nitrogens with one attached hydrogen (secondary N) is 1. The Morgan fingerprint density at radius 1 is 1.60 bits per heavy atom. The van der Waals surface area contributed by atoms with Gasteiger partial charge in [0.1, 0.15) is 0 Å². The molecule has 0 bridgehead atoms. The zero-order valence-electron chi connectivity index (χ0n) is 8.14. The first-order valence-corrected chi connectivity index (χ1v) is 4.82. The number of nitro benzene ring substituents is 1. The highest BCUT2D eigenvalue weighted by Gasteiger charge is 2.19. The molecule has 0 aliphatic carbocycles. The monoisotopic (exact) mass is 208 g/mol. The lowest BCUT2D eigenvalue weighted by atomic mass is 9.94. The van der Waals surface area contributed by atoms with Gasteiger partial charge in [-0.1, -0.05) is 6.07 Å². The first kappa shape index (κ1) is 9.92. The van der Waals surface area contributed by atoms with Gasteiger partial charge in [-0.2, -0.15) is 0 Å². The molecular weight excluding hydrogens is 196 g/mol. The molecule has 0 spiro atoms. The highest BCUT2D eigenvalue weighted by Crippen LogP contribution is 2.28. The Labute approximate surface area is 86.9 Å².